The Morgan fingerprint density at radius 1 is 1.26 bits per heavy atom. The predicted molar refractivity (Wildman–Crippen MR) is 78.6 cm³/mol. The van der Waals surface area contributed by atoms with Crippen molar-refractivity contribution >= 4 is 32.9 Å². The molecule has 0 saturated carbocycles. The van der Waals surface area contributed by atoms with E-state index in [-0.39, 0.29) is 0 Å². The van der Waals surface area contributed by atoms with Crippen molar-refractivity contribution in [2.45, 2.75) is 12.8 Å². The molecule has 2 aromatic heterocycles. The maximum Gasteiger partial charge on any atom is 0.216 e. The highest BCUT2D eigenvalue weighted by Crippen LogP contribution is 2.39. The fourth-order valence-electron chi connectivity index (χ4n) is 2.52. The van der Waals surface area contributed by atoms with Crippen LogP contribution < -0.4 is 0 Å². The van der Waals surface area contributed by atoms with Crippen LogP contribution in [0.4, 0.5) is 0 Å². The van der Waals surface area contributed by atoms with Crippen LogP contribution in [0.1, 0.15) is 17.7 Å². The number of para-hydroxylation sites is 2. The van der Waals surface area contributed by atoms with Gasteiger partial charge in [0.2, 0.25) is 5.88 Å². The summed E-state index contributed by atoms with van der Waals surface area (Å²) < 4.78 is 1.84. The van der Waals surface area contributed by atoms with Gasteiger partial charge in [0.1, 0.15) is 0 Å². The van der Waals surface area contributed by atoms with Crippen LogP contribution in [-0.2, 0) is 0 Å². The first-order chi connectivity index (χ1) is 9.34. The highest BCUT2D eigenvalue weighted by molar-refractivity contribution is 7.18. The zero-order valence-corrected chi connectivity index (χ0v) is 11.0. The molecule has 0 fully saturated rings. The molecule has 1 N–H and O–H groups in total. The van der Waals surface area contributed by atoms with Crippen molar-refractivity contribution in [3.8, 4) is 5.88 Å². The van der Waals surface area contributed by atoms with Gasteiger partial charge in [-0.3, -0.25) is 4.40 Å². The van der Waals surface area contributed by atoms with Gasteiger partial charge in [-0.1, -0.05) is 41.7 Å². The first-order valence-electron chi connectivity index (χ1n) is 6.29. The molecule has 3 aromatic rings. The van der Waals surface area contributed by atoms with E-state index in [2.05, 4.69) is 23.2 Å². The van der Waals surface area contributed by atoms with Crippen LogP contribution in [-0.4, -0.2) is 14.5 Å². The van der Waals surface area contributed by atoms with Gasteiger partial charge in [-0.2, -0.15) is 0 Å². The summed E-state index contributed by atoms with van der Waals surface area (Å²) >= 11 is 1.56. The van der Waals surface area contributed by atoms with E-state index in [0.29, 0.717) is 5.88 Å². The van der Waals surface area contributed by atoms with E-state index in [4.69, 9.17) is 0 Å². The third-order valence-corrected chi connectivity index (χ3v) is 4.55. The van der Waals surface area contributed by atoms with Crippen LogP contribution in [0.2, 0.25) is 0 Å². The molecule has 0 unspecified atom stereocenters. The summed E-state index contributed by atoms with van der Waals surface area (Å²) in [7, 11) is 0. The topological polar surface area (TPSA) is 37.5 Å². The third kappa shape index (κ3) is 1.53. The number of thiazole rings is 1. The summed E-state index contributed by atoms with van der Waals surface area (Å²) in [6, 6.07) is 7.89. The van der Waals surface area contributed by atoms with E-state index in [1.807, 2.05) is 28.7 Å². The van der Waals surface area contributed by atoms with Crippen molar-refractivity contribution in [2.24, 2.45) is 0 Å². The van der Waals surface area contributed by atoms with Crippen molar-refractivity contribution in [3.05, 3.63) is 47.4 Å². The van der Waals surface area contributed by atoms with E-state index >= 15 is 0 Å². The van der Waals surface area contributed by atoms with Crippen LogP contribution in [0.5, 0.6) is 5.88 Å². The fourth-order valence-corrected chi connectivity index (χ4v) is 3.60. The van der Waals surface area contributed by atoms with E-state index in [9.17, 15) is 5.11 Å². The zero-order chi connectivity index (χ0) is 12.8. The van der Waals surface area contributed by atoms with E-state index in [1.54, 1.807) is 11.3 Å². The van der Waals surface area contributed by atoms with Gasteiger partial charge in [-0.15, -0.1) is 0 Å². The van der Waals surface area contributed by atoms with Crippen molar-refractivity contribution in [1.82, 2.24) is 9.38 Å². The Bertz CT molecular complexity index is 838. The van der Waals surface area contributed by atoms with Crippen molar-refractivity contribution in [3.63, 3.8) is 0 Å². The van der Waals surface area contributed by atoms with Gasteiger partial charge in [0.25, 0.3) is 0 Å². The molecule has 0 spiro atoms. The van der Waals surface area contributed by atoms with E-state index in [0.717, 1.165) is 33.7 Å². The fraction of sp³-hybridized carbons (Fsp3) is 0.133. The van der Waals surface area contributed by atoms with Gasteiger partial charge in [-0.05, 0) is 30.5 Å². The number of nitrogens with zero attached hydrogens (tertiary/aromatic N) is 2. The smallest absolute Gasteiger partial charge is 0.216 e. The lowest BCUT2D eigenvalue weighted by atomic mass is 10.0. The molecule has 0 saturated heterocycles. The minimum Gasteiger partial charge on any atom is -0.493 e. The minimum absolute atomic E-state index is 0.315. The number of fused-ring (bicyclic) bond motifs is 3. The predicted octanol–water partition coefficient (Wildman–Crippen LogP) is 3.99. The number of aromatic hydroxyl groups is 1. The second kappa shape index (κ2) is 3.96. The van der Waals surface area contributed by atoms with Crippen molar-refractivity contribution < 1.29 is 5.11 Å². The SMILES string of the molecule is Oc1c(C2=CC=CCC2)sc2nc3ccccc3n12. The van der Waals surface area contributed by atoms with Crippen LogP contribution in [0.3, 0.4) is 0 Å². The Hall–Kier alpha value is -2.07. The number of benzene rings is 1. The Labute approximate surface area is 114 Å². The standard InChI is InChI=1S/C15H12N2OS/c18-14-13(10-6-2-1-3-7-10)19-15-16-11-8-4-5-9-12(11)17(14)15/h1-2,4-6,8-9,18H,3,7H2. The number of aromatic nitrogens is 2. The summed E-state index contributed by atoms with van der Waals surface area (Å²) in [4.78, 5) is 6.36. The normalized spacial score (nSPS) is 15.3. The molecule has 3 nitrogen and oxygen atoms in total. The Kier molecular flexibility index (Phi) is 2.26. The third-order valence-electron chi connectivity index (χ3n) is 3.44. The molecule has 0 bridgehead atoms. The lowest BCUT2D eigenvalue weighted by Crippen LogP contribution is -1.86. The van der Waals surface area contributed by atoms with Crippen molar-refractivity contribution in [2.75, 3.05) is 0 Å². The Morgan fingerprint density at radius 2 is 2.16 bits per heavy atom. The van der Waals surface area contributed by atoms with Gasteiger partial charge in [0.05, 0.1) is 15.9 Å². The van der Waals surface area contributed by atoms with E-state index in [1.165, 1.54) is 5.57 Å². The molecule has 4 heteroatoms. The average Bonchev–Trinajstić information content (AvgIpc) is 2.97. The highest BCUT2D eigenvalue weighted by atomic mass is 32.1. The average molecular weight is 268 g/mol. The second-order valence-corrected chi connectivity index (χ2v) is 5.61. The molecule has 0 aliphatic heterocycles. The lowest BCUT2D eigenvalue weighted by molar-refractivity contribution is 0.450. The number of allylic oxidation sites excluding steroid dienone is 4. The summed E-state index contributed by atoms with van der Waals surface area (Å²) in [5, 5.41) is 10.5. The molecule has 1 aliphatic rings. The van der Waals surface area contributed by atoms with Crippen LogP contribution in [0, 0.1) is 0 Å². The summed E-state index contributed by atoms with van der Waals surface area (Å²) in [6.07, 6.45) is 8.29. The highest BCUT2D eigenvalue weighted by Gasteiger charge is 2.18. The molecule has 4 rings (SSSR count). The minimum atomic E-state index is 0.315. The first kappa shape index (κ1) is 10.8. The lowest BCUT2D eigenvalue weighted by Gasteiger charge is -2.06. The molecular formula is C15H12N2OS. The van der Waals surface area contributed by atoms with Gasteiger partial charge in [0, 0.05) is 0 Å². The quantitative estimate of drug-likeness (QED) is 0.724. The first-order valence-corrected chi connectivity index (χ1v) is 7.11. The van der Waals surface area contributed by atoms with Gasteiger partial charge < -0.3 is 5.11 Å². The van der Waals surface area contributed by atoms with Crippen LogP contribution >= 0.6 is 11.3 Å². The van der Waals surface area contributed by atoms with Gasteiger partial charge in [-0.25, -0.2) is 4.98 Å². The summed E-state index contributed by atoms with van der Waals surface area (Å²) in [5.41, 5.74) is 3.08. The second-order valence-electron chi connectivity index (χ2n) is 4.63. The molecule has 94 valence electrons. The summed E-state index contributed by atoms with van der Waals surface area (Å²) in [6.45, 7) is 0. The Balaban J connectivity index is 2.02. The van der Waals surface area contributed by atoms with Crippen molar-refractivity contribution in [1.29, 1.82) is 0 Å². The maximum atomic E-state index is 10.5. The number of rotatable bonds is 1. The van der Waals surface area contributed by atoms with Crippen LogP contribution in [0.15, 0.2) is 42.5 Å². The maximum absolute atomic E-state index is 10.5. The van der Waals surface area contributed by atoms with Crippen LogP contribution in [0.25, 0.3) is 21.6 Å². The van der Waals surface area contributed by atoms with E-state index < -0.39 is 0 Å². The monoisotopic (exact) mass is 268 g/mol. The molecule has 0 radical (unpaired) electrons. The zero-order valence-electron chi connectivity index (χ0n) is 10.2. The molecule has 2 heterocycles. The molecule has 19 heavy (non-hydrogen) atoms. The van der Waals surface area contributed by atoms with Gasteiger partial charge >= 0.3 is 0 Å². The molecule has 0 amide bonds. The summed E-state index contributed by atoms with van der Waals surface area (Å²) in [5.74, 6) is 0.315. The number of imidazole rings is 1. The Morgan fingerprint density at radius 3 is 3.00 bits per heavy atom. The van der Waals surface area contributed by atoms with Gasteiger partial charge in [0.15, 0.2) is 4.96 Å². The molecule has 1 aromatic carbocycles. The largest absolute Gasteiger partial charge is 0.493 e. The number of hydrogen-bond acceptors (Lipinski definition) is 3. The molecule has 0 atom stereocenters. The molecule has 1 aliphatic carbocycles. The number of hydrogen-bond donors (Lipinski definition) is 1. The molecular weight excluding hydrogens is 256 g/mol.